The number of fused-ring (bicyclic) bond motifs is 1. The topological polar surface area (TPSA) is 71.8 Å². The van der Waals surface area contributed by atoms with E-state index in [0.717, 1.165) is 73.0 Å². The van der Waals surface area contributed by atoms with Crippen molar-refractivity contribution >= 4 is 27.4 Å². The summed E-state index contributed by atoms with van der Waals surface area (Å²) >= 11 is 1.73. The maximum absolute atomic E-state index is 9.15. The largest absolute Gasteiger partial charge is 0.361 e. The first-order valence-electron chi connectivity index (χ1n) is 11.1. The Hall–Kier alpha value is -3.21. The van der Waals surface area contributed by atoms with E-state index in [4.69, 9.17) is 10.2 Å². The van der Waals surface area contributed by atoms with Crippen molar-refractivity contribution in [3.05, 3.63) is 65.4 Å². The molecule has 5 rings (SSSR count). The van der Waals surface area contributed by atoms with Crippen LogP contribution < -0.4 is 4.90 Å². The van der Waals surface area contributed by atoms with Crippen LogP contribution in [0, 0.1) is 11.3 Å². The molecule has 1 N–H and O–H groups in total. The number of aromatic nitrogens is 3. The number of anilines is 1. The fraction of sp³-hybridized carbons (Fsp3) is 0.320. The first-order chi connectivity index (χ1) is 15.8. The highest BCUT2D eigenvalue weighted by atomic mass is 32.1. The van der Waals surface area contributed by atoms with E-state index in [9.17, 15) is 0 Å². The summed E-state index contributed by atoms with van der Waals surface area (Å²) in [6.45, 7) is 5.37. The molecule has 0 aliphatic carbocycles. The summed E-state index contributed by atoms with van der Waals surface area (Å²) in [4.78, 5) is 17.2. The summed E-state index contributed by atoms with van der Waals surface area (Å²) in [5.74, 6) is 0. The van der Waals surface area contributed by atoms with Crippen LogP contribution in [-0.4, -0.2) is 52.6 Å². The zero-order valence-corrected chi connectivity index (χ0v) is 18.8. The molecule has 0 unspecified atom stereocenters. The lowest BCUT2D eigenvalue weighted by Crippen LogP contribution is -2.46. The number of rotatable bonds is 7. The lowest BCUT2D eigenvalue weighted by molar-refractivity contribution is 0.253. The SMILES string of the molecule is N#Cc1ccc2[nH]cc(CCCCN3CCN(c4nc(-c5ccncc5)cs4)CC3)c2c1. The molecule has 0 spiro atoms. The van der Waals surface area contributed by atoms with Gasteiger partial charge in [-0.3, -0.25) is 9.88 Å². The van der Waals surface area contributed by atoms with Gasteiger partial charge in [0.2, 0.25) is 0 Å². The standard InChI is InChI=1S/C25H26N6S/c26-16-19-4-5-23-22(15-19)21(17-28-23)3-1-2-10-30-11-13-31(14-12-30)25-29-24(18-32-25)20-6-8-27-9-7-20/h4-9,15,17-18,28H,1-3,10-14H2. The summed E-state index contributed by atoms with van der Waals surface area (Å²) in [5, 5.41) is 13.6. The van der Waals surface area contributed by atoms with Crippen molar-refractivity contribution in [3.63, 3.8) is 0 Å². The van der Waals surface area contributed by atoms with Gasteiger partial charge in [0.05, 0.1) is 17.3 Å². The molecule has 162 valence electrons. The molecule has 0 saturated carbocycles. The maximum atomic E-state index is 9.15. The number of piperazine rings is 1. The maximum Gasteiger partial charge on any atom is 0.185 e. The van der Waals surface area contributed by atoms with Crippen LogP contribution in [0.2, 0.25) is 0 Å². The van der Waals surface area contributed by atoms with Crippen molar-refractivity contribution in [1.82, 2.24) is 19.9 Å². The minimum Gasteiger partial charge on any atom is -0.361 e. The number of hydrogen-bond donors (Lipinski definition) is 1. The van der Waals surface area contributed by atoms with Gasteiger partial charge in [0.15, 0.2) is 5.13 Å². The summed E-state index contributed by atoms with van der Waals surface area (Å²) in [5.41, 5.74) is 5.32. The van der Waals surface area contributed by atoms with Crippen LogP contribution in [0.25, 0.3) is 22.2 Å². The number of hydrogen-bond acceptors (Lipinski definition) is 6. The first kappa shape index (κ1) is 20.7. The van der Waals surface area contributed by atoms with Gasteiger partial charge < -0.3 is 9.88 Å². The lowest BCUT2D eigenvalue weighted by Gasteiger charge is -2.34. The zero-order chi connectivity index (χ0) is 21.8. The predicted octanol–water partition coefficient (Wildman–Crippen LogP) is 4.70. The molecular weight excluding hydrogens is 416 g/mol. The average Bonchev–Trinajstić information content (AvgIpc) is 3.50. The quantitative estimate of drug-likeness (QED) is 0.420. The van der Waals surface area contributed by atoms with Gasteiger partial charge in [0.1, 0.15) is 0 Å². The fourth-order valence-electron chi connectivity index (χ4n) is 4.33. The smallest absolute Gasteiger partial charge is 0.185 e. The number of aryl methyl sites for hydroxylation is 1. The molecule has 32 heavy (non-hydrogen) atoms. The molecule has 1 aliphatic rings. The second-order valence-corrected chi connectivity index (χ2v) is 9.06. The Morgan fingerprint density at radius 1 is 1.06 bits per heavy atom. The van der Waals surface area contributed by atoms with Crippen molar-refractivity contribution in [1.29, 1.82) is 5.26 Å². The molecule has 0 atom stereocenters. The number of nitrogens with zero attached hydrogens (tertiary/aromatic N) is 5. The Labute approximate surface area is 192 Å². The monoisotopic (exact) mass is 442 g/mol. The van der Waals surface area contributed by atoms with Gasteiger partial charge in [0, 0.05) is 66.6 Å². The molecule has 4 heterocycles. The van der Waals surface area contributed by atoms with Gasteiger partial charge in [-0.25, -0.2) is 4.98 Å². The highest BCUT2D eigenvalue weighted by Crippen LogP contribution is 2.28. The predicted molar refractivity (Wildman–Crippen MR) is 130 cm³/mol. The van der Waals surface area contributed by atoms with Gasteiger partial charge >= 0.3 is 0 Å². The Bertz CT molecular complexity index is 1210. The van der Waals surface area contributed by atoms with Gasteiger partial charge in [-0.1, -0.05) is 0 Å². The first-order valence-corrected chi connectivity index (χ1v) is 12.0. The number of nitriles is 1. The zero-order valence-electron chi connectivity index (χ0n) is 18.0. The molecule has 0 radical (unpaired) electrons. The summed E-state index contributed by atoms with van der Waals surface area (Å²) in [6, 6.07) is 12.1. The number of nitrogens with one attached hydrogen (secondary N) is 1. The summed E-state index contributed by atoms with van der Waals surface area (Å²) in [7, 11) is 0. The second-order valence-electron chi connectivity index (χ2n) is 8.22. The third kappa shape index (κ3) is 4.52. The molecular formula is C25H26N6S. The van der Waals surface area contributed by atoms with Gasteiger partial charge in [-0.2, -0.15) is 5.26 Å². The molecule has 1 saturated heterocycles. The highest BCUT2D eigenvalue weighted by molar-refractivity contribution is 7.14. The van der Waals surface area contributed by atoms with E-state index in [1.807, 2.05) is 42.7 Å². The molecule has 3 aromatic heterocycles. The van der Waals surface area contributed by atoms with Crippen LogP contribution in [0.1, 0.15) is 24.0 Å². The molecule has 4 aromatic rings. The van der Waals surface area contributed by atoms with Gasteiger partial charge in [0.25, 0.3) is 0 Å². The van der Waals surface area contributed by atoms with Crippen LogP contribution >= 0.6 is 11.3 Å². The van der Waals surface area contributed by atoms with E-state index in [0.29, 0.717) is 0 Å². The Kier molecular flexibility index (Phi) is 6.15. The molecule has 1 aliphatic heterocycles. The Morgan fingerprint density at radius 2 is 1.91 bits per heavy atom. The van der Waals surface area contributed by atoms with Crippen LogP contribution in [0.3, 0.4) is 0 Å². The van der Waals surface area contributed by atoms with E-state index < -0.39 is 0 Å². The highest BCUT2D eigenvalue weighted by Gasteiger charge is 2.19. The van der Waals surface area contributed by atoms with Crippen LogP contribution in [0.15, 0.2) is 54.3 Å². The fourth-order valence-corrected chi connectivity index (χ4v) is 5.22. The van der Waals surface area contributed by atoms with E-state index in [1.165, 1.54) is 17.4 Å². The number of aromatic amines is 1. The summed E-state index contributed by atoms with van der Waals surface area (Å²) < 4.78 is 0. The normalized spacial score (nSPS) is 14.7. The van der Waals surface area contributed by atoms with Crippen molar-refractivity contribution in [2.75, 3.05) is 37.6 Å². The molecule has 6 nitrogen and oxygen atoms in total. The third-order valence-corrected chi connectivity index (χ3v) is 7.08. The van der Waals surface area contributed by atoms with Crippen LogP contribution in [0.4, 0.5) is 5.13 Å². The lowest BCUT2D eigenvalue weighted by atomic mass is 10.1. The second kappa shape index (κ2) is 9.51. The van der Waals surface area contributed by atoms with Crippen molar-refractivity contribution < 1.29 is 0 Å². The van der Waals surface area contributed by atoms with E-state index in [-0.39, 0.29) is 0 Å². The number of H-pyrrole nitrogens is 1. The molecule has 0 bridgehead atoms. The van der Waals surface area contributed by atoms with Crippen LogP contribution in [-0.2, 0) is 6.42 Å². The number of unbranched alkanes of at least 4 members (excludes halogenated alkanes) is 1. The number of pyridine rings is 1. The Morgan fingerprint density at radius 3 is 2.72 bits per heavy atom. The van der Waals surface area contributed by atoms with Crippen molar-refractivity contribution in [2.24, 2.45) is 0 Å². The van der Waals surface area contributed by atoms with Gasteiger partial charge in [-0.15, -0.1) is 11.3 Å². The van der Waals surface area contributed by atoms with Crippen molar-refractivity contribution in [2.45, 2.75) is 19.3 Å². The van der Waals surface area contributed by atoms with Gasteiger partial charge in [-0.05, 0) is 61.7 Å². The average molecular weight is 443 g/mol. The van der Waals surface area contributed by atoms with Crippen molar-refractivity contribution in [3.8, 4) is 17.3 Å². The molecule has 1 fully saturated rings. The van der Waals surface area contributed by atoms with E-state index in [1.54, 1.807) is 11.3 Å². The number of benzene rings is 1. The molecule has 1 aromatic carbocycles. The number of thiazole rings is 1. The summed E-state index contributed by atoms with van der Waals surface area (Å²) in [6.07, 6.45) is 9.12. The third-order valence-electron chi connectivity index (χ3n) is 6.18. The van der Waals surface area contributed by atoms with E-state index >= 15 is 0 Å². The minimum atomic E-state index is 0.726. The molecule has 7 heteroatoms. The van der Waals surface area contributed by atoms with Crippen LogP contribution in [0.5, 0.6) is 0 Å². The minimum absolute atomic E-state index is 0.726. The molecule has 0 amide bonds. The Balaban J connectivity index is 1.08. The van der Waals surface area contributed by atoms with E-state index in [2.05, 4.69) is 37.4 Å².